The fourth-order valence-electron chi connectivity index (χ4n) is 4.38. The van der Waals surface area contributed by atoms with E-state index in [4.69, 9.17) is 9.47 Å². The Hall–Kier alpha value is -4.33. The molecule has 4 N–H and O–H groups in total. The van der Waals surface area contributed by atoms with Crippen molar-refractivity contribution in [1.82, 2.24) is 21.1 Å². The zero-order valence-electron chi connectivity index (χ0n) is 24.0. The zero-order chi connectivity index (χ0) is 31.2. The third-order valence-corrected chi connectivity index (χ3v) is 7.68. The van der Waals surface area contributed by atoms with E-state index in [1.165, 1.54) is 23.9 Å². The van der Waals surface area contributed by atoms with Crippen LogP contribution < -0.4 is 21.5 Å². The lowest BCUT2D eigenvalue weighted by Gasteiger charge is -2.35. The predicted molar refractivity (Wildman–Crippen MR) is 156 cm³/mol. The highest BCUT2D eigenvalue weighted by Crippen LogP contribution is 2.32. The first kappa shape index (κ1) is 31.6. The topological polar surface area (TPSA) is 155 Å². The van der Waals surface area contributed by atoms with Gasteiger partial charge in [0.1, 0.15) is 18.2 Å². The third-order valence-electron chi connectivity index (χ3n) is 6.51. The molecule has 0 aromatic heterocycles. The molecule has 2 aliphatic rings. The normalized spacial score (nSPS) is 20.0. The van der Waals surface area contributed by atoms with Gasteiger partial charge in [0.2, 0.25) is 11.6 Å². The van der Waals surface area contributed by atoms with Crippen molar-refractivity contribution in [2.24, 2.45) is 0 Å². The van der Waals surface area contributed by atoms with Crippen LogP contribution in [0.15, 0.2) is 53.4 Å². The number of thioether (sulfide) groups is 1. The molecular formula is C29H34FN5O7S. The Bertz CT molecular complexity index is 1390. The van der Waals surface area contributed by atoms with E-state index in [-0.39, 0.29) is 37.3 Å². The Morgan fingerprint density at radius 3 is 2.58 bits per heavy atom. The lowest BCUT2D eigenvalue weighted by Crippen LogP contribution is -2.58. The van der Waals surface area contributed by atoms with Crippen molar-refractivity contribution in [1.29, 1.82) is 0 Å². The number of nitrogens with zero attached hydrogens (tertiary/aromatic N) is 1. The van der Waals surface area contributed by atoms with E-state index in [0.29, 0.717) is 10.6 Å². The molecule has 2 aromatic carbocycles. The van der Waals surface area contributed by atoms with Crippen molar-refractivity contribution in [3.8, 4) is 0 Å². The number of halogens is 1. The number of alkyl carbamates (subject to hydrolysis) is 1. The minimum absolute atomic E-state index is 0.0123. The average molecular weight is 616 g/mol. The number of nitrogens with one attached hydrogen (secondary N) is 4. The molecule has 1 unspecified atom stereocenters. The van der Waals surface area contributed by atoms with Gasteiger partial charge in [-0.2, -0.15) is 0 Å². The highest BCUT2D eigenvalue weighted by Gasteiger charge is 2.44. The molecule has 14 heteroatoms. The summed E-state index contributed by atoms with van der Waals surface area (Å²) in [5, 5.41) is 5.23. The molecule has 0 radical (unpaired) electrons. The number of amides is 5. The van der Waals surface area contributed by atoms with E-state index in [1.54, 1.807) is 51.1 Å². The van der Waals surface area contributed by atoms with Crippen molar-refractivity contribution < 1.29 is 37.8 Å². The summed E-state index contributed by atoms with van der Waals surface area (Å²) in [6, 6.07) is 12.6. The number of piperidine rings is 1. The summed E-state index contributed by atoms with van der Waals surface area (Å²) < 4.78 is 26.1. The molecule has 1 fully saturated rings. The number of anilines is 1. The number of likely N-dealkylation sites (tertiary alicyclic amines) is 1. The third kappa shape index (κ3) is 8.60. The van der Waals surface area contributed by atoms with E-state index >= 15 is 4.39 Å². The number of fused-ring (bicyclic) bond motifs is 1. The lowest BCUT2D eigenvalue weighted by molar-refractivity contribution is -0.137. The number of alkyl halides is 1. The van der Waals surface area contributed by atoms with Gasteiger partial charge in [0.05, 0.1) is 12.2 Å². The first-order valence-electron chi connectivity index (χ1n) is 13.7. The molecule has 0 bridgehead atoms. The monoisotopic (exact) mass is 615 g/mol. The molecule has 0 saturated carbocycles. The number of carbonyl (C=O) groups is 5. The van der Waals surface area contributed by atoms with Crippen LogP contribution in [0.1, 0.15) is 49.5 Å². The second kappa shape index (κ2) is 13.3. The summed E-state index contributed by atoms with van der Waals surface area (Å²) in [6.07, 6.45) is -1.39. The van der Waals surface area contributed by atoms with Gasteiger partial charge < -0.3 is 25.0 Å². The number of ether oxygens (including phenoxy) is 2. The fraction of sp³-hybridized carbons (Fsp3) is 0.414. The molecule has 43 heavy (non-hydrogen) atoms. The maximum atomic E-state index is 15.6. The van der Waals surface area contributed by atoms with Gasteiger partial charge in [-0.25, -0.2) is 14.0 Å². The number of benzene rings is 2. The summed E-state index contributed by atoms with van der Waals surface area (Å²) in [7, 11) is 0. The molecule has 12 nitrogen and oxygen atoms in total. The molecular weight excluding hydrogens is 581 g/mol. The predicted octanol–water partition coefficient (Wildman–Crippen LogP) is 3.53. The summed E-state index contributed by atoms with van der Waals surface area (Å²) in [6.45, 7) is 4.84. The molecule has 2 heterocycles. The smallest absolute Gasteiger partial charge is 0.410 e. The number of hydrogen-bond donors (Lipinski definition) is 4. The summed E-state index contributed by atoms with van der Waals surface area (Å²) in [5.41, 5.74) is 2.33. The number of carbonyl (C=O) groups excluding carboxylic acids is 5. The van der Waals surface area contributed by atoms with Gasteiger partial charge in [-0.05, 0) is 57.4 Å². The number of rotatable bonds is 5. The molecule has 5 amide bonds. The number of hydrogen-bond acceptors (Lipinski definition) is 8. The summed E-state index contributed by atoms with van der Waals surface area (Å²) >= 11 is 1.30. The first-order valence-corrected chi connectivity index (χ1v) is 14.6. The van der Waals surface area contributed by atoms with Crippen LogP contribution in [0.25, 0.3) is 0 Å². The van der Waals surface area contributed by atoms with E-state index in [0.717, 1.165) is 10.5 Å². The van der Waals surface area contributed by atoms with E-state index in [1.807, 2.05) is 6.07 Å². The fourth-order valence-corrected chi connectivity index (χ4v) is 5.39. The van der Waals surface area contributed by atoms with Crippen LogP contribution in [0.3, 0.4) is 0 Å². The lowest BCUT2D eigenvalue weighted by atomic mass is 9.94. The maximum absolute atomic E-state index is 15.6. The number of hydrazine groups is 1. The van der Waals surface area contributed by atoms with Gasteiger partial charge in [0.15, 0.2) is 0 Å². The quantitative estimate of drug-likeness (QED) is 0.373. The van der Waals surface area contributed by atoms with Crippen molar-refractivity contribution in [2.75, 3.05) is 24.2 Å². The van der Waals surface area contributed by atoms with Gasteiger partial charge in [-0.3, -0.25) is 25.2 Å². The molecule has 0 aliphatic carbocycles. The van der Waals surface area contributed by atoms with E-state index < -0.39 is 53.8 Å². The van der Waals surface area contributed by atoms with Gasteiger partial charge >= 0.3 is 12.2 Å². The highest BCUT2D eigenvalue weighted by molar-refractivity contribution is 7.99. The molecule has 2 atom stereocenters. The Labute approximate surface area is 252 Å². The molecule has 0 spiro atoms. The van der Waals surface area contributed by atoms with Gasteiger partial charge in [-0.15, -0.1) is 11.8 Å². The van der Waals surface area contributed by atoms with E-state index in [2.05, 4.69) is 21.5 Å². The molecule has 230 valence electrons. The Morgan fingerprint density at radius 2 is 1.86 bits per heavy atom. The largest absolute Gasteiger partial charge is 0.445 e. The van der Waals surface area contributed by atoms with Gasteiger partial charge in [-0.1, -0.05) is 30.3 Å². The maximum Gasteiger partial charge on any atom is 0.410 e. The minimum Gasteiger partial charge on any atom is -0.445 e. The SMILES string of the molecule is CC(C)(C)OC(=O)N[C@H]1CSc2ccc(C(=O)NNC(=O)C3(F)CCCN(C(=O)OCc4ccccc4)C3)cc2NC1=O. The van der Waals surface area contributed by atoms with Crippen LogP contribution in [0.4, 0.5) is 19.7 Å². The Balaban J connectivity index is 1.30. The van der Waals surface area contributed by atoms with Crippen LogP contribution in [0.5, 0.6) is 0 Å². The zero-order valence-corrected chi connectivity index (χ0v) is 24.8. The van der Waals surface area contributed by atoms with Crippen molar-refractivity contribution in [3.63, 3.8) is 0 Å². The van der Waals surface area contributed by atoms with Gasteiger partial charge in [0.25, 0.3) is 11.8 Å². The minimum atomic E-state index is -2.44. The molecule has 1 saturated heterocycles. The van der Waals surface area contributed by atoms with Crippen LogP contribution in [0.2, 0.25) is 0 Å². The summed E-state index contributed by atoms with van der Waals surface area (Å²) in [5.74, 6) is -2.11. The van der Waals surface area contributed by atoms with Crippen molar-refractivity contribution in [3.05, 3.63) is 59.7 Å². The van der Waals surface area contributed by atoms with Gasteiger partial charge in [0, 0.05) is 22.8 Å². The second-order valence-electron chi connectivity index (χ2n) is 11.1. The molecule has 4 rings (SSSR count). The highest BCUT2D eigenvalue weighted by atomic mass is 32.2. The average Bonchev–Trinajstić information content (AvgIpc) is 3.11. The van der Waals surface area contributed by atoms with Crippen molar-refractivity contribution >= 4 is 47.4 Å². The van der Waals surface area contributed by atoms with Crippen LogP contribution >= 0.6 is 11.8 Å². The first-order chi connectivity index (χ1) is 20.3. The van der Waals surface area contributed by atoms with E-state index in [9.17, 15) is 24.0 Å². The molecule has 2 aliphatic heterocycles. The van der Waals surface area contributed by atoms with Crippen LogP contribution in [-0.4, -0.2) is 71.0 Å². The standard InChI is InChI=1S/C29H34FN5O7S/c1-28(2,3)42-26(39)32-21-16-43-22-11-10-19(14-20(22)31-24(21)37)23(36)33-34-25(38)29(30)12-7-13-35(17-29)27(40)41-15-18-8-5-4-6-9-18/h4-6,8-11,14,21H,7,12-13,15-17H2,1-3H3,(H,31,37)(H,32,39)(H,33,36)(H,34,38)/t21-,29?/m0/s1. The Kier molecular flexibility index (Phi) is 9.79. The second-order valence-corrected chi connectivity index (χ2v) is 12.2. The molecule has 2 aromatic rings. The van der Waals surface area contributed by atoms with Crippen LogP contribution in [0, 0.1) is 0 Å². The summed E-state index contributed by atoms with van der Waals surface area (Å²) in [4.78, 5) is 64.7. The van der Waals surface area contributed by atoms with Crippen molar-refractivity contribution in [2.45, 2.75) is 62.4 Å². The van der Waals surface area contributed by atoms with Crippen LogP contribution in [-0.2, 0) is 25.7 Å². The Morgan fingerprint density at radius 1 is 1.12 bits per heavy atom.